The normalized spacial score (nSPS) is 14.5. The van der Waals surface area contributed by atoms with Crippen molar-refractivity contribution >= 4 is 64.4 Å². The third-order valence-corrected chi connectivity index (χ3v) is 6.88. The van der Waals surface area contributed by atoms with Crippen LogP contribution in [0.3, 0.4) is 0 Å². The maximum absolute atomic E-state index is 13.2. The molecule has 200 valence electrons. The number of imide groups is 2. The second kappa shape index (κ2) is 11.3. The number of hydrogen-bond acceptors (Lipinski definition) is 5. The van der Waals surface area contributed by atoms with Gasteiger partial charge in [-0.25, -0.2) is 9.69 Å². The number of nitrogens with zero attached hydrogens (tertiary/aromatic N) is 1. The number of anilines is 2. The number of barbiturate groups is 1. The summed E-state index contributed by atoms with van der Waals surface area (Å²) in [6.07, 6.45) is 1.28. The van der Waals surface area contributed by atoms with Gasteiger partial charge >= 0.3 is 6.03 Å². The maximum atomic E-state index is 13.2. The van der Waals surface area contributed by atoms with E-state index >= 15 is 0 Å². The van der Waals surface area contributed by atoms with Gasteiger partial charge in [0.15, 0.2) is 12.4 Å². The summed E-state index contributed by atoms with van der Waals surface area (Å²) >= 11 is 12.7. The molecule has 1 fully saturated rings. The lowest BCUT2D eigenvalue weighted by Crippen LogP contribution is -2.54. The topological polar surface area (TPSA) is 105 Å². The number of carbonyl (C=O) groups is 4. The third-order valence-electron chi connectivity index (χ3n) is 6.32. The zero-order valence-corrected chi connectivity index (χ0v) is 23.2. The molecule has 0 aliphatic carbocycles. The van der Waals surface area contributed by atoms with Crippen molar-refractivity contribution in [2.24, 2.45) is 0 Å². The number of urea groups is 1. The number of amides is 5. The summed E-state index contributed by atoms with van der Waals surface area (Å²) in [6, 6.07) is 12.7. The van der Waals surface area contributed by atoms with Crippen molar-refractivity contribution in [1.82, 2.24) is 5.32 Å². The predicted molar refractivity (Wildman–Crippen MR) is 151 cm³/mol. The predicted octanol–water partition coefficient (Wildman–Crippen LogP) is 5.91. The van der Waals surface area contributed by atoms with E-state index in [0.717, 1.165) is 27.2 Å². The summed E-state index contributed by atoms with van der Waals surface area (Å²) in [5, 5.41) is 5.07. The second-order valence-corrected chi connectivity index (χ2v) is 9.99. The van der Waals surface area contributed by atoms with Gasteiger partial charge in [-0.05, 0) is 98.0 Å². The SMILES string of the molecule is Cc1ccc(NC(=O)COc2c(Cl)cc(/C=C3/C(=O)NC(=O)N(c4ccc(C)c(C)c4)C3=O)cc2Cl)cc1C. The van der Waals surface area contributed by atoms with Crippen molar-refractivity contribution in [2.75, 3.05) is 16.8 Å². The fourth-order valence-electron chi connectivity index (χ4n) is 3.88. The van der Waals surface area contributed by atoms with Crippen molar-refractivity contribution < 1.29 is 23.9 Å². The largest absolute Gasteiger partial charge is 0.481 e. The molecule has 0 radical (unpaired) electrons. The van der Waals surface area contributed by atoms with Crippen LogP contribution < -0.4 is 20.3 Å². The Balaban J connectivity index is 1.52. The van der Waals surface area contributed by atoms with Crippen molar-refractivity contribution in [3.05, 3.63) is 92.0 Å². The number of halogens is 2. The molecule has 3 aromatic rings. The van der Waals surface area contributed by atoms with Gasteiger partial charge < -0.3 is 10.1 Å². The molecular formula is C29H25Cl2N3O5. The summed E-state index contributed by atoms with van der Waals surface area (Å²) in [4.78, 5) is 51.5. The molecule has 10 heteroatoms. The Labute approximate surface area is 235 Å². The Morgan fingerprint density at radius 2 is 1.51 bits per heavy atom. The minimum atomic E-state index is -0.847. The summed E-state index contributed by atoms with van der Waals surface area (Å²) in [5.74, 6) is -1.97. The number of hydrogen-bond donors (Lipinski definition) is 2. The van der Waals surface area contributed by atoms with Crippen LogP contribution in [0.25, 0.3) is 6.08 Å². The van der Waals surface area contributed by atoms with Gasteiger partial charge in [-0.3, -0.25) is 19.7 Å². The summed E-state index contributed by atoms with van der Waals surface area (Å²) in [6.45, 7) is 7.34. The Morgan fingerprint density at radius 3 is 2.13 bits per heavy atom. The molecule has 0 saturated carbocycles. The second-order valence-electron chi connectivity index (χ2n) is 9.18. The first-order valence-corrected chi connectivity index (χ1v) is 12.7. The van der Waals surface area contributed by atoms with E-state index in [4.69, 9.17) is 27.9 Å². The van der Waals surface area contributed by atoms with Crippen molar-refractivity contribution in [2.45, 2.75) is 27.7 Å². The molecule has 4 rings (SSSR count). The van der Waals surface area contributed by atoms with Gasteiger partial charge in [-0.2, -0.15) is 0 Å². The van der Waals surface area contributed by atoms with E-state index in [1.54, 1.807) is 24.3 Å². The highest BCUT2D eigenvalue weighted by molar-refractivity contribution is 6.40. The van der Waals surface area contributed by atoms with Crippen molar-refractivity contribution in [1.29, 1.82) is 0 Å². The van der Waals surface area contributed by atoms with E-state index in [1.165, 1.54) is 18.2 Å². The molecule has 1 aliphatic rings. The first-order chi connectivity index (χ1) is 18.4. The zero-order chi connectivity index (χ0) is 28.4. The molecule has 1 aliphatic heterocycles. The standard InChI is InChI=1S/C29H25Cl2N3O5/c1-15-5-7-20(9-17(15)3)32-25(35)14-39-26-23(30)12-19(13-24(26)31)11-22-27(36)33-29(38)34(28(22)37)21-8-6-16(2)18(4)10-21/h5-13H,14H2,1-4H3,(H,32,35)(H,33,36,38)/b22-11-. The molecule has 0 atom stereocenters. The first kappa shape index (κ1) is 27.9. The number of ether oxygens (including phenoxy) is 1. The van der Waals surface area contributed by atoms with Crippen LogP contribution in [-0.4, -0.2) is 30.4 Å². The van der Waals surface area contributed by atoms with Gasteiger partial charge in [0.2, 0.25) is 0 Å². The summed E-state index contributed by atoms with van der Waals surface area (Å²) < 4.78 is 5.56. The lowest BCUT2D eigenvalue weighted by molar-refractivity contribution is -0.122. The molecule has 8 nitrogen and oxygen atoms in total. The highest BCUT2D eigenvalue weighted by Gasteiger charge is 2.37. The molecule has 3 aromatic carbocycles. The Morgan fingerprint density at radius 1 is 0.897 bits per heavy atom. The van der Waals surface area contributed by atoms with Crippen LogP contribution in [-0.2, 0) is 14.4 Å². The third kappa shape index (κ3) is 6.13. The molecule has 0 unspecified atom stereocenters. The van der Waals surface area contributed by atoms with E-state index < -0.39 is 23.8 Å². The maximum Gasteiger partial charge on any atom is 0.335 e. The van der Waals surface area contributed by atoms with Crippen molar-refractivity contribution in [3.8, 4) is 5.75 Å². The first-order valence-electron chi connectivity index (χ1n) is 11.9. The molecule has 0 bridgehead atoms. The van der Waals surface area contributed by atoms with Gasteiger partial charge in [0, 0.05) is 5.69 Å². The van der Waals surface area contributed by atoms with E-state index in [2.05, 4.69) is 10.6 Å². The molecule has 5 amide bonds. The van der Waals surface area contributed by atoms with Crippen LogP contribution in [0.4, 0.5) is 16.2 Å². The number of aryl methyl sites for hydroxylation is 4. The van der Waals surface area contributed by atoms with Crippen LogP contribution in [0.2, 0.25) is 10.0 Å². The number of rotatable bonds is 6. The molecule has 39 heavy (non-hydrogen) atoms. The minimum Gasteiger partial charge on any atom is -0.481 e. The Bertz CT molecular complexity index is 1540. The number of carbonyl (C=O) groups excluding carboxylic acids is 4. The van der Waals surface area contributed by atoms with Crippen LogP contribution in [0.1, 0.15) is 27.8 Å². The van der Waals surface area contributed by atoms with Crippen LogP contribution in [0, 0.1) is 27.7 Å². The molecule has 0 spiro atoms. The molecular weight excluding hydrogens is 541 g/mol. The van der Waals surface area contributed by atoms with E-state index in [1.807, 2.05) is 39.8 Å². The van der Waals surface area contributed by atoms with Crippen LogP contribution in [0.15, 0.2) is 54.1 Å². The van der Waals surface area contributed by atoms with Gasteiger partial charge in [-0.15, -0.1) is 0 Å². The molecule has 1 saturated heterocycles. The van der Waals surface area contributed by atoms with Gasteiger partial charge in [0.05, 0.1) is 15.7 Å². The van der Waals surface area contributed by atoms with Gasteiger partial charge in [0.25, 0.3) is 17.7 Å². The lowest BCUT2D eigenvalue weighted by Gasteiger charge is -2.27. The van der Waals surface area contributed by atoms with E-state index in [9.17, 15) is 19.2 Å². The fourth-order valence-corrected chi connectivity index (χ4v) is 4.49. The van der Waals surface area contributed by atoms with Crippen LogP contribution in [0.5, 0.6) is 5.75 Å². The average Bonchev–Trinajstić information content (AvgIpc) is 2.85. The Kier molecular flexibility index (Phi) is 8.09. The van der Waals surface area contributed by atoms with E-state index in [0.29, 0.717) is 16.9 Å². The highest BCUT2D eigenvalue weighted by atomic mass is 35.5. The summed E-state index contributed by atoms with van der Waals surface area (Å²) in [5.41, 5.74) is 5.03. The molecule has 1 heterocycles. The molecule has 2 N–H and O–H groups in total. The fraction of sp³-hybridized carbons (Fsp3) is 0.172. The van der Waals surface area contributed by atoms with Gasteiger partial charge in [0.1, 0.15) is 5.57 Å². The smallest absolute Gasteiger partial charge is 0.335 e. The quantitative estimate of drug-likeness (QED) is 0.285. The van der Waals surface area contributed by atoms with E-state index in [-0.39, 0.29) is 28.0 Å². The molecule has 0 aromatic heterocycles. The minimum absolute atomic E-state index is 0.0686. The zero-order valence-electron chi connectivity index (χ0n) is 21.6. The monoisotopic (exact) mass is 565 g/mol. The summed E-state index contributed by atoms with van der Waals surface area (Å²) in [7, 11) is 0. The Hall–Kier alpha value is -4.14. The highest BCUT2D eigenvalue weighted by Crippen LogP contribution is 2.35. The number of nitrogens with one attached hydrogen (secondary N) is 2. The average molecular weight is 566 g/mol. The lowest BCUT2D eigenvalue weighted by atomic mass is 10.0. The number of benzene rings is 3. The van der Waals surface area contributed by atoms with Crippen LogP contribution >= 0.6 is 23.2 Å². The van der Waals surface area contributed by atoms with Crippen molar-refractivity contribution in [3.63, 3.8) is 0 Å². The van der Waals surface area contributed by atoms with Gasteiger partial charge in [-0.1, -0.05) is 35.3 Å².